The minimum absolute atomic E-state index is 0.159. The number of carbonyl (C=O) groups is 1. The van der Waals surface area contributed by atoms with Crippen LogP contribution in [-0.4, -0.2) is 6.03 Å². The second-order valence-electron chi connectivity index (χ2n) is 5.73. The van der Waals surface area contributed by atoms with Gasteiger partial charge in [0.25, 0.3) is 0 Å². The van der Waals surface area contributed by atoms with E-state index in [1.54, 1.807) is 12.1 Å². The summed E-state index contributed by atoms with van der Waals surface area (Å²) in [7, 11) is 0. The maximum atomic E-state index is 13.7. The summed E-state index contributed by atoms with van der Waals surface area (Å²) in [4.78, 5) is 12.3. The highest BCUT2D eigenvalue weighted by atomic mass is 19.1. The Morgan fingerprint density at radius 1 is 0.840 bits per heavy atom. The summed E-state index contributed by atoms with van der Waals surface area (Å²) in [5.41, 5.74) is 2.27. The van der Waals surface area contributed by atoms with Gasteiger partial charge in [-0.25, -0.2) is 9.18 Å². The summed E-state index contributed by atoms with van der Waals surface area (Å²) in [6.07, 6.45) is 0.648. The second-order valence-corrected chi connectivity index (χ2v) is 5.73. The molecule has 0 bridgehead atoms. The number of nitrogens with one attached hydrogen (secondary N) is 2. The lowest BCUT2D eigenvalue weighted by Crippen LogP contribution is -2.34. The first kappa shape index (κ1) is 16.7. The topological polar surface area (TPSA) is 41.1 Å². The van der Waals surface area contributed by atoms with Gasteiger partial charge in [-0.05, 0) is 29.7 Å². The number of benzene rings is 3. The van der Waals surface area contributed by atoms with Crippen LogP contribution in [0.3, 0.4) is 0 Å². The third-order valence-corrected chi connectivity index (χ3v) is 3.91. The van der Waals surface area contributed by atoms with Crippen LogP contribution in [0.2, 0.25) is 0 Å². The second kappa shape index (κ2) is 8.11. The highest BCUT2D eigenvalue weighted by Crippen LogP contribution is 2.19. The number of rotatable bonds is 5. The zero-order valence-corrected chi connectivity index (χ0v) is 13.7. The molecule has 0 saturated heterocycles. The minimum atomic E-state index is -0.461. The van der Waals surface area contributed by atoms with Gasteiger partial charge < -0.3 is 10.6 Å². The third-order valence-electron chi connectivity index (χ3n) is 3.91. The van der Waals surface area contributed by atoms with Gasteiger partial charge in [-0.1, -0.05) is 72.8 Å². The van der Waals surface area contributed by atoms with Gasteiger partial charge in [0.1, 0.15) is 5.82 Å². The lowest BCUT2D eigenvalue weighted by atomic mass is 9.99. The van der Waals surface area contributed by atoms with E-state index in [1.807, 2.05) is 60.7 Å². The average molecular weight is 334 g/mol. The molecule has 0 heterocycles. The molecule has 2 N–H and O–H groups in total. The van der Waals surface area contributed by atoms with Crippen molar-refractivity contribution in [2.75, 3.05) is 5.32 Å². The smallest absolute Gasteiger partial charge is 0.319 e. The Kier molecular flexibility index (Phi) is 5.42. The van der Waals surface area contributed by atoms with E-state index in [-0.39, 0.29) is 11.7 Å². The van der Waals surface area contributed by atoms with Crippen molar-refractivity contribution >= 4 is 11.7 Å². The van der Waals surface area contributed by atoms with E-state index < -0.39 is 11.8 Å². The van der Waals surface area contributed by atoms with E-state index in [1.165, 1.54) is 12.1 Å². The molecule has 3 aromatic rings. The van der Waals surface area contributed by atoms with Gasteiger partial charge in [0, 0.05) is 0 Å². The van der Waals surface area contributed by atoms with Crippen molar-refractivity contribution in [2.24, 2.45) is 0 Å². The fourth-order valence-electron chi connectivity index (χ4n) is 2.67. The van der Waals surface area contributed by atoms with E-state index in [0.29, 0.717) is 6.42 Å². The van der Waals surface area contributed by atoms with Gasteiger partial charge in [-0.3, -0.25) is 0 Å². The Morgan fingerprint density at radius 3 is 2.12 bits per heavy atom. The minimum Gasteiger partial charge on any atom is -0.331 e. The number of para-hydroxylation sites is 1. The number of halogens is 1. The third kappa shape index (κ3) is 4.67. The van der Waals surface area contributed by atoms with Crippen LogP contribution in [0.1, 0.15) is 17.2 Å². The van der Waals surface area contributed by atoms with Crippen molar-refractivity contribution in [1.82, 2.24) is 5.32 Å². The Hall–Kier alpha value is -3.14. The average Bonchev–Trinajstić information content (AvgIpc) is 2.65. The van der Waals surface area contributed by atoms with E-state index in [0.717, 1.165) is 11.1 Å². The molecular weight excluding hydrogens is 315 g/mol. The molecule has 2 amide bonds. The molecule has 0 saturated carbocycles. The molecule has 1 atom stereocenters. The number of urea groups is 1. The quantitative estimate of drug-likeness (QED) is 0.682. The lowest BCUT2D eigenvalue weighted by molar-refractivity contribution is 0.248. The molecule has 0 aliphatic heterocycles. The van der Waals surface area contributed by atoms with Crippen molar-refractivity contribution in [1.29, 1.82) is 0 Å². The van der Waals surface area contributed by atoms with Crippen LogP contribution >= 0.6 is 0 Å². The van der Waals surface area contributed by atoms with Gasteiger partial charge >= 0.3 is 6.03 Å². The zero-order valence-electron chi connectivity index (χ0n) is 13.7. The molecule has 0 radical (unpaired) electrons. The largest absolute Gasteiger partial charge is 0.331 e. The van der Waals surface area contributed by atoms with Gasteiger partial charge in [-0.2, -0.15) is 0 Å². The fourth-order valence-corrected chi connectivity index (χ4v) is 2.67. The van der Waals surface area contributed by atoms with Crippen LogP contribution in [0.25, 0.3) is 0 Å². The predicted octanol–water partition coefficient (Wildman–Crippen LogP) is 4.93. The normalized spacial score (nSPS) is 11.6. The van der Waals surface area contributed by atoms with Crippen LogP contribution < -0.4 is 10.6 Å². The lowest BCUT2D eigenvalue weighted by Gasteiger charge is -2.20. The Balaban J connectivity index is 1.75. The molecule has 126 valence electrons. The molecule has 4 heteroatoms. The Labute approximate surface area is 146 Å². The number of amides is 2. The molecule has 0 aromatic heterocycles. The summed E-state index contributed by atoms with van der Waals surface area (Å²) in [6.45, 7) is 0. The van der Waals surface area contributed by atoms with Crippen molar-refractivity contribution in [3.05, 3.63) is 102 Å². The molecule has 0 aliphatic carbocycles. The summed E-state index contributed by atoms with van der Waals surface area (Å²) >= 11 is 0. The highest BCUT2D eigenvalue weighted by Gasteiger charge is 2.16. The standard InChI is InChI=1S/C21H19FN2O/c22-18-13-7-8-14-19(18)23-21(25)24-20(17-11-5-2-6-12-17)15-16-9-3-1-4-10-16/h1-14,20H,15H2,(H2,23,24,25). The van der Waals surface area contributed by atoms with Gasteiger partial charge in [0.15, 0.2) is 0 Å². The van der Waals surface area contributed by atoms with Crippen LogP contribution in [0.4, 0.5) is 14.9 Å². The highest BCUT2D eigenvalue weighted by molar-refractivity contribution is 5.89. The van der Waals surface area contributed by atoms with Crippen molar-refractivity contribution in [3.8, 4) is 0 Å². The molecule has 0 aliphatic rings. The van der Waals surface area contributed by atoms with Crippen LogP contribution in [0, 0.1) is 5.82 Å². The first-order valence-electron chi connectivity index (χ1n) is 8.13. The molecule has 3 nitrogen and oxygen atoms in total. The summed E-state index contributed by atoms with van der Waals surface area (Å²) in [6, 6.07) is 25.1. The maximum absolute atomic E-state index is 13.7. The predicted molar refractivity (Wildman–Crippen MR) is 97.9 cm³/mol. The van der Waals surface area contributed by atoms with Gasteiger partial charge in [0.2, 0.25) is 0 Å². The monoisotopic (exact) mass is 334 g/mol. The van der Waals surface area contributed by atoms with E-state index in [4.69, 9.17) is 0 Å². The van der Waals surface area contributed by atoms with Crippen molar-refractivity contribution in [2.45, 2.75) is 12.5 Å². The molecule has 1 unspecified atom stereocenters. The Bertz CT molecular complexity index is 822. The maximum Gasteiger partial charge on any atom is 0.319 e. The first-order chi connectivity index (χ1) is 12.2. The zero-order chi connectivity index (χ0) is 17.5. The number of anilines is 1. The van der Waals surface area contributed by atoms with Crippen molar-refractivity contribution in [3.63, 3.8) is 0 Å². The molecule has 0 fully saturated rings. The van der Waals surface area contributed by atoms with Gasteiger partial charge in [0.05, 0.1) is 11.7 Å². The number of hydrogen-bond acceptors (Lipinski definition) is 1. The van der Waals surface area contributed by atoms with Crippen LogP contribution in [-0.2, 0) is 6.42 Å². The molecule has 3 rings (SSSR count). The molecule has 3 aromatic carbocycles. The van der Waals surface area contributed by atoms with E-state index >= 15 is 0 Å². The van der Waals surface area contributed by atoms with Crippen molar-refractivity contribution < 1.29 is 9.18 Å². The SMILES string of the molecule is O=C(Nc1ccccc1F)NC(Cc1ccccc1)c1ccccc1. The molecular formula is C21H19FN2O. The fraction of sp³-hybridized carbons (Fsp3) is 0.0952. The van der Waals surface area contributed by atoms with Gasteiger partial charge in [-0.15, -0.1) is 0 Å². The Morgan fingerprint density at radius 2 is 1.44 bits per heavy atom. The molecule has 0 spiro atoms. The van der Waals surface area contributed by atoms with E-state index in [9.17, 15) is 9.18 Å². The number of carbonyl (C=O) groups excluding carboxylic acids is 1. The molecule has 25 heavy (non-hydrogen) atoms. The summed E-state index contributed by atoms with van der Waals surface area (Å²) in [5.74, 6) is -0.461. The summed E-state index contributed by atoms with van der Waals surface area (Å²) < 4.78 is 13.7. The number of hydrogen-bond donors (Lipinski definition) is 2. The summed E-state index contributed by atoms with van der Waals surface area (Å²) in [5, 5.41) is 5.51. The van der Waals surface area contributed by atoms with E-state index in [2.05, 4.69) is 10.6 Å². The first-order valence-corrected chi connectivity index (χ1v) is 8.13. The van der Waals surface area contributed by atoms with Crippen LogP contribution in [0.15, 0.2) is 84.9 Å². The van der Waals surface area contributed by atoms with Crippen LogP contribution in [0.5, 0.6) is 0 Å².